The number of carbonyl (C=O) groups excluding carboxylic acids is 1. The number of methoxy groups -OCH3 is 1. The van der Waals surface area contributed by atoms with Crippen molar-refractivity contribution in [1.82, 2.24) is 4.98 Å². The smallest absolute Gasteiger partial charge is 0.274 e. The molecule has 0 radical (unpaired) electrons. The van der Waals surface area contributed by atoms with Crippen molar-refractivity contribution in [2.75, 3.05) is 18.7 Å². The van der Waals surface area contributed by atoms with Gasteiger partial charge in [0, 0.05) is 33.0 Å². The molecule has 1 atom stereocenters. The minimum atomic E-state index is -1.05. The Kier molecular flexibility index (Phi) is 4.57. The zero-order valence-corrected chi connectivity index (χ0v) is 14.1. The quantitative estimate of drug-likeness (QED) is 0.792. The van der Waals surface area contributed by atoms with E-state index in [1.54, 1.807) is 36.6 Å². The van der Waals surface area contributed by atoms with E-state index in [1.807, 2.05) is 24.3 Å². The number of rotatable bonds is 4. The van der Waals surface area contributed by atoms with Crippen molar-refractivity contribution >= 4 is 33.2 Å². The van der Waals surface area contributed by atoms with E-state index in [-0.39, 0.29) is 11.6 Å². The van der Waals surface area contributed by atoms with E-state index in [4.69, 9.17) is 4.74 Å². The maximum Gasteiger partial charge on any atom is 0.274 e. The van der Waals surface area contributed by atoms with Crippen LogP contribution in [-0.4, -0.2) is 28.5 Å². The molecule has 24 heavy (non-hydrogen) atoms. The average molecular weight is 340 g/mol. The molecular formula is C18H16N2O3S. The molecule has 0 saturated carbocycles. The predicted octanol–water partition coefficient (Wildman–Crippen LogP) is 3.23. The molecule has 3 aromatic rings. The summed E-state index contributed by atoms with van der Waals surface area (Å²) in [7, 11) is 0.480. The number of fused-ring (bicyclic) bond motifs is 1. The Labute approximate surface area is 142 Å². The highest BCUT2D eigenvalue weighted by molar-refractivity contribution is 7.84. The second-order valence-electron chi connectivity index (χ2n) is 5.17. The van der Waals surface area contributed by atoms with Gasteiger partial charge in [0.05, 0.1) is 7.11 Å². The van der Waals surface area contributed by atoms with Gasteiger partial charge < -0.3 is 10.1 Å². The molecule has 0 spiro atoms. The van der Waals surface area contributed by atoms with Gasteiger partial charge in [0.2, 0.25) is 5.88 Å². The van der Waals surface area contributed by atoms with Crippen LogP contribution in [0.15, 0.2) is 59.5 Å². The van der Waals surface area contributed by atoms with Gasteiger partial charge >= 0.3 is 0 Å². The van der Waals surface area contributed by atoms with Crippen LogP contribution in [0.25, 0.3) is 10.8 Å². The molecule has 0 bridgehead atoms. The van der Waals surface area contributed by atoms with Crippen LogP contribution in [0.2, 0.25) is 0 Å². The van der Waals surface area contributed by atoms with Gasteiger partial charge in [-0.2, -0.15) is 0 Å². The molecule has 1 N–H and O–H groups in total. The number of hydrogen-bond donors (Lipinski definition) is 1. The van der Waals surface area contributed by atoms with E-state index in [2.05, 4.69) is 10.3 Å². The zero-order valence-electron chi connectivity index (χ0n) is 13.3. The van der Waals surface area contributed by atoms with Crippen LogP contribution < -0.4 is 10.1 Å². The fourth-order valence-electron chi connectivity index (χ4n) is 2.36. The number of carbonyl (C=O) groups is 1. The van der Waals surface area contributed by atoms with Crippen LogP contribution in [0.5, 0.6) is 5.88 Å². The van der Waals surface area contributed by atoms with Crippen molar-refractivity contribution < 1.29 is 13.7 Å². The molecule has 1 amide bonds. The van der Waals surface area contributed by atoms with Crippen LogP contribution in [0.1, 0.15) is 10.5 Å². The van der Waals surface area contributed by atoms with Gasteiger partial charge in [-0.1, -0.05) is 18.2 Å². The van der Waals surface area contributed by atoms with Crippen molar-refractivity contribution in [3.05, 3.63) is 60.3 Å². The van der Waals surface area contributed by atoms with Crippen molar-refractivity contribution in [3.63, 3.8) is 0 Å². The summed E-state index contributed by atoms with van der Waals surface area (Å²) in [6.45, 7) is 0. The summed E-state index contributed by atoms with van der Waals surface area (Å²) in [6, 6.07) is 16.2. The molecule has 2 aromatic carbocycles. The molecule has 0 aliphatic carbocycles. The SMILES string of the molecule is COc1nc(C(=O)Nc2ccc(S(C)=O)cc2)cc2ccccc12. The number of nitrogens with one attached hydrogen (secondary N) is 1. The van der Waals surface area contributed by atoms with Gasteiger partial charge in [-0.15, -0.1) is 0 Å². The lowest BCUT2D eigenvalue weighted by molar-refractivity contribution is 0.102. The summed E-state index contributed by atoms with van der Waals surface area (Å²) in [5, 5.41) is 4.52. The standard InChI is InChI=1S/C18H16N2O3S/c1-23-18-15-6-4-3-5-12(15)11-16(20-18)17(21)19-13-7-9-14(10-8-13)24(2)22/h3-11H,1-2H3,(H,19,21). The molecule has 0 aliphatic heterocycles. The molecular weight excluding hydrogens is 324 g/mol. The normalized spacial score (nSPS) is 11.9. The van der Waals surface area contributed by atoms with E-state index in [9.17, 15) is 9.00 Å². The highest BCUT2D eigenvalue weighted by Crippen LogP contribution is 2.24. The lowest BCUT2D eigenvalue weighted by Crippen LogP contribution is -2.14. The lowest BCUT2D eigenvalue weighted by atomic mass is 10.1. The Bertz CT molecular complexity index is 923. The predicted molar refractivity (Wildman–Crippen MR) is 95.0 cm³/mol. The van der Waals surface area contributed by atoms with Crippen molar-refractivity contribution in [2.45, 2.75) is 4.90 Å². The summed E-state index contributed by atoms with van der Waals surface area (Å²) in [4.78, 5) is 17.4. The molecule has 1 unspecified atom stereocenters. The first-order chi connectivity index (χ1) is 11.6. The summed E-state index contributed by atoms with van der Waals surface area (Å²) < 4.78 is 16.7. The average Bonchev–Trinajstić information content (AvgIpc) is 2.61. The number of anilines is 1. The molecule has 0 aliphatic rings. The number of nitrogens with zero attached hydrogens (tertiary/aromatic N) is 1. The molecule has 6 heteroatoms. The Morgan fingerprint density at radius 2 is 1.83 bits per heavy atom. The Hall–Kier alpha value is -2.73. The topological polar surface area (TPSA) is 68.3 Å². The number of ether oxygens (including phenoxy) is 1. The molecule has 3 rings (SSSR count). The third-order valence-corrected chi connectivity index (χ3v) is 4.51. The van der Waals surface area contributed by atoms with Crippen LogP contribution in [0.3, 0.4) is 0 Å². The summed E-state index contributed by atoms with van der Waals surface area (Å²) in [5.74, 6) is 0.0828. The fraction of sp³-hybridized carbons (Fsp3) is 0.111. The van der Waals surface area contributed by atoms with Crippen LogP contribution in [0, 0.1) is 0 Å². The first kappa shape index (κ1) is 16.1. The van der Waals surface area contributed by atoms with E-state index < -0.39 is 10.8 Å². The second-order valence-corrected chi connectivity index (χ2v) is 6.55. The monoisotopic (exact) mass is 340 g/mol. The van der Waals surface area contributed by atoms with Crippen LogP contribution >= 0.6 is 0 Å². The van der Waals surface area contributed by atoms with Gasteiger partial charge in [-0.25, -0.2) is 4.98 Å². The third-order valence-electron chi connectivity index (χ3n) is 3.58. The number of pyridine rings is 1. The number of amides is 1. The molecule has 0 saturated heterocycles. The fourth-order valence-corrected chi connectivity index (χ4v) is 2.88. The minimum absolute atomic E-state index is 0.272. The minimum Gasteiger partial charge on any atom is -0.481 e. The highest BCUT2D eigenvalue weighted by atomic mass is 32.2. The van der Waals surface area contributed by atoms with E-state index in [0.29, 0.717) is 16.5 Å². The molecule has 122 valence electrons. The van der Waals surface area contributed by atoms with Gasteiger partial charge in [0.1, 0.15) is 5.69 Å². The first-order valence-corrected chi connectivity index (χ1v) is 8.83. The van der Waals surface area contributed by atoms with Crippen molar-refractivity contribution in [3.8, 4) is 5.88 Å². The van der Waals surface area contributed by atoms with Crippen LogP contribution in [0.4, 0.5) is 5.69 Å². The Balaban J connectivity index is 1.89. The number of hydrogen-bond acceptors (Lipinski definition) is 4. The Morgan fingerprint density at radius 1 is 1.12 bits per heavy atom. The summed E-state index contributed by atoms with van der Waals surface area (Å²) in [5.41, 5.74) is 0.886. The Morgan fingerprint density at radius 3 is 2.50 bits per heavy atom. The molecule has 1 aromatic heterocycles. The number of benzene rings is 2. The van der Waals surface area contributed by atoms with Crippen molar-refractivity contribution in [2.24, 2.45) is 0 Å². The summed E-state index contributed by atoms with van der Waals surface area (Å²) in [6.07, 6.45) is 1.61. The lowest BCUT2D eigenvalue weighted by Gasteiger charge is -2.09. The maximum absolute atomic E-state index is 12.5. The first-order valence-electron chi connectivity index (χ1n) is 7.27. The molecule has 5 nitrogen and oxygen atoms in total. The van der Waals surface area contributed by atoms with E-state index in [0.717, 1.165) is 10.8 Å². The highest BCUT2D eigenvalue weighted by Gasteiger charge is 2.13. The summed E-state index contributed by atoms with van der Waals surface area (Å²) >= 11 is 0. The maximum atomic E-state index is 12.5. The molecule has 0 fully saturated rings. The van der Waals surface area contributed by atoms with Gasteiger partial charge in [-0.3, -0.25) is 9.00 Å². The van der Waals surface area contributed by atoms with E-state index in [1.165, 1.54) is 7.11 Å². The zero-order chi connectivity index (χ0) is 17.1. The van der Waals surface area contributed by atoms with Gasteiger partial charge in [-0.05, 0) is 41.8 Å². The third kappa shape index (κ3) is 3.28. The van der Waals surface area contributed by atoms with Gasteiger partial charge in [0.25, 0.3) is 5.91 Å². The number of aromatic nitrogens is 1. The van der Waals surface area contributed by atoms with Crippen molar-refractivity contribution in [1.29, 1.82) is 0 Å². The molecule has 1 heterocycles. The van der Waals surface area contributed by atoms with Crippen LogP contribution in [-0.2, 0) is 10.8 Å². The van der Waals surface area contributed by atoms with E-state index >= 15 is 0 Å². The largest absolute Gasteiger partial charge is 0.481 e. The second kappa shape index (κ2) is 6.80. The van der Waals surface area contributed by atoms with Gasteiger partial charge in [0.15, 0.2) is 0 Å².